The highest BCUT2D eigenvalue weighted by Crippen LogP contribution is 2.23. The van der Waals surface area contributed by atoms with Crippen molar-refractivity contribution in [1.82, 2.24) is 4.90 Å². The maximum atomic E-state index is 12.1. The predicted octanol–water partition coefficient (Wildman–Crippen LogP) is 2.95. The summed E-state index contributed by atoms with van der Waals surface area (Å²) in [6.07, 6.45) is 1.53. The van der Waals surface area contributed by atoms with Crippen LogP contribution in [-0.2, 0) is 16.1 Å². The van der Waals surface area contributed by atoms with E-state index in [-0.39, 0.29) is 11.8 Å². The zero-order valence-electron chi connectivity index (χ0n) is 13.7. The SMILES string of the molecule is CN(CC(=O)Nc1ccc(N2CCCC2=O)cc1)Cc1cccs1. The lowest BCUT2D eigenvalue weighted by Crippen LogP contribution is -2.29. The molecule has 0 atom stereocenters. The van der Waals surface area contributed by atoms with Crippen LogP contribution < -0.4 is 10.2 Å². The van der Waals surface area contributed by atoms with Crippen molar-refractivity contribution in [3.8, 4) is 0 Å². The molecule has 6 heteroatoms. The van der Waals surface area contributed by atoms with Gasteiger partial charge < -0.3 is 10.2 Å². The van der Waals surface area contributed by atoms with Crippen LogP contribution in [0.4, 0.5) is 11.4 Å². The molecule has 5 nitrogen and oxygen atoms in total. The van der Waals surface area contributed by atoms with Gasteiger partial charge in [0.2, 0.25) is 11.8 Å². The van der Waals surface area contributed by atoms with E-state index >= 15 is 0 Å². The minimum absolute atomic E-state index is 0.0425. The maximum absolute atomic E-state index is 12.1. The normalized spacial score (nSPS) is 14.4. The van der Waals surface area contributed by atoms with E-state index in [1.165, 1.54) is 4.88 Å². The third-order valence-electron chi connectivity index (χ3n) is 3.96. The maximum Gasteiger partial charge on any atom is 0.238 e. The van der Waals surface area contributed by atoms with Crippen LogP contribution in [0.5, 0.6) is 0 Å². The van der Waals surface area contributed by atoms with Gasteiger partial charge in [-0.15, -0.1) is 11.3 Å². The van der Waals surface area contributed by atoms with Crippen LogP contribution in [0, 0.1) is 0 Å². The van der Waals surface area contributed by atoms with E-state index in [0.717, 1.165) is 30.9 Å². The zero-order valence-corrected chi connectivity index (χ0v) is 14.5. The van der Waals surface area contributed by atoms with Gasteiger partial charge in [-0.1, -0.05) is 6.07 Å². The zero-order chi connectivity index (χ0) is 16.9. The molecule has 1 aromatic carbocycles. The van der Waals surface area contributed by atoms with Gasteiger partial charge in [0, 0.05) is 35.8 Å². The van der Waals surface area contributed by atoms with Crippen molar-refractivity contribution >= 4 is 34.5 Å². The Bertz CT molecular complexity index is 698. The van der Waals surface area contributed by atoms with E-state index in [2.05, 4.69) is 11.4 Å². The minimum Gasteiger partial charge on any atom is -0.325 e. The second kappa shape index (κ2) is 7.59. The van der Waals surface area contributed by atoms with Crippen molar-refractivity contribution in [2.45, 2.75) is 19.4 Å². The molecule has 0 radical (unpaired) electrons. The Morgan fingerprint density at radius 3 is 2.71 bits per heavy atom. The lowest BCUT2D eigenvalue weighted by atomic mass is 10.2. The van der Waals surface area contributed by atoms with Gasteiger partial charge in [0.25, 0.3) is 0 Å². The number of nitrogens with zero attached hydrogens (tertiary/aromatic N) is 2. The lowest BCUT2D eigenvalue weighted by molar-refractivity contribution is -0.117. The van der Waals surface area contributed by atoms with Crippen molar-refractivity contribution in [3.63, 3.8) is 0 Å². The third-order valence-corrected chi connectivity index (χ3v) is 4.82. The number of benzene rings is 1. The van der Waals surface area contributed by atoms with Gasteiger partial charge in [0.05, 0.1) is 6.54 Å². The quantitative estimate of drug-likeness (QED) is 0.877. The molecule has 2 aromatic rings. The number of likely N-dealkylation sites (N-methyl/N-ethyl adjacent to an activating group) is 1. The van der Waals surface area contributed by atoms with Gasteiger partial charge in [-0.3, -0.25) is 14.5 Å². The van der Waals surface area contributed by atoms with Gasteiger partial charge in [-0.05, 0) is 49.2 Å². The largest absolute Gasteiger partial charge is 0.325 e. The summed E-state index contributed by atoms with van der Waals surface area (Å²) in [5.41, 5.74) is 1.64. The van der Waals surface area contributed by atoms with Crippen molar-refractivity contribution in [2.24, 2.45) is 0 Å². The summed E-state index contributed by atoms with van der Waals surface area (Å²) in [6, 6.07) is 11.5. The summed E-state index contributed by atoms with van der Waals surface area (Å²) in [4.78, 5) is 28.9. The molecule has 0 saturated carbocycles. The molecule has 1 saturated heterocycles. The summed E-state index contributed by atoms with van der Waals surface area (Å²) < 4.78 is 0. The third kappa shape index (κ3) is 4.21. The fraction of sp³-hybridized carbons (Fsp3) is 0.333. The molecule has 1 fully saturated rings. The first-order valence-electron chi connectivity index (χ1n) is 8.03. The molecule has 0 aliphatic carbocycles. The van der Waals surface area contributed by atoms with E-state index in [0.29, 0.717) is 13.0 Å². The van der Waals surface area contributed by atoms with Crippen LogP contribution in [0.25, 0.3) is 0 Å². The molecule has 0 bridgehead atoms. The summed E-state index contributed by atoms with van der Waals surface area (Å²) in [5, 5.41) is 4.94. The molecular formula is C18H21N3O2S. The molecule has 126 valence electrons. The second-order valence-corrected chi connectivity index (χ2v) is 7.03. The van der Waals surface area contributed by atoms with E-state index in [1.54, 1.807) is 16.2 Å². The Morgan fingerprint density at radius 1 is 1.29 bits per heavy atom. The first-order chi connectivity index (χ1) is 11.6. The molecule has 2 amide bonds. The number of hydrogen-bond donors (Lipinski definition) is 1. The van der Waals surface area contributed by atoms with E-state index < -0.39 is 0 Å². The molecule has 1 N–H and O–H groups in total. The average molecular weight is 343 g/mol. The van der Waals surface area contributed by atoms with E-state index in [9.17, 15) is 9.59 Å². The topological polar surface area (TPSA) is 52.7 Å². The average Bonchev–Trinajstić information content (AvgIpc) is 3.19. The monoisotopic (exact) mass is 343 g/mol. The highest BCUT2D eigenvalue weighted by atomic mass is 32.1. The number of amides is 2. The van der Waals surface area contributed by atoms with Gasteiger partial charge in [-0.25, -0.2) is 0 Å². The molecule has 1 aliphatic heterocycles. The molecule has 24 heavy (non-hydrogen) atoms. The second-order valence-electron chi connectivity index (χ2n) is 6.00. The number of hydrogen-bond acceptors (Lipinski definition) is 4. The van der Waals surface area contributed by atoms with Crippen LogP contribution >= 0.6 is 11.3 Å². The van der Waals surface area contributed by atoms with Crippen LogP contribution in [0.15, 0.2) is 41.8 Å². The summed E-state index contributed by atoms with van der Waals surface area (Å²) >= 11 is 1.69. The number of nitrogens with one attached hydrogen (secondary N) is 1. The molecular weight excluding hydrogens is 322 g/mol. The first kappa shape index (κ1) is 16.7. The van der Waals surface area contributed by atoms with Crippen LogP contribution in [-0.4, -0.2) is 36.9 Å². The number of anilines is 2. The molecule has 3 rings (SSSR count). The summed E-state index contributed by atoms with van der Waals surface area (Å²) in [7, 11) is 1.93. The van der Waals surface area contributed by atoms with Crippen molar-refractivity contribution < 1.29 is 9.59 Å². The molecule has 2 heterocycles. The Morgan fingerprint density at radius 2 is 2.08 bits per heavy atom. The molecule has 1 aromatic heterocycles. The fourth-order valence-electron chi connectivity index (χ4n) is 2.82. The Labute approximate surface area is 145 Å². The van der Waals surface area contributed by atoms with Gasteiger partial charge in [-0.2, -0.15) is 0 Å². The van der Waals surface area contributed by atoms with Gasteiger partial charge >= 0.3 is 0 Å². The molecule has 0 unspecified atom stereocenters. The highest BCUT2D eigenvalue weighted by molar-refractivity contribution is 7.09. The first-order valence-corrected chi connectivity index (χ1v) is 8.91. The summed E-state index contributed by atoms with van der Waals surface area (Å²) in [5.74, 6) is 0.126. The van der Waals surface area contributed by atoms with Crippen LogP contribution in [0.1, 0.15) is 17.7 Å². The van der Waals surface area contributed by atoms with Gasteiger partial charge in [0.1, 0.15) is 0 Å². The predicted molar refractivity (Wildman–Crippen MR) is 97.3 cm³/mol. The summed E-state index contributed by atoms with van der Waals surface area (Å²) in [6.45, 7) is 1.88. The number of carbonyl (C=O) groups excluding carboxylic acids is 2. The highest BCUT2D eigenvalue weighted by Gasteiger charge is 2.21. The van der Waals surface area contributed by atoms with E-state index in [4.69, 9.17) is 0 Å². The Kier molecular flexibility index (Phi) is 5.27. The fourth-order valence-corrected chi connectivity index (χ4v) is 3.60. The molecule has 1 aliphatic rings. The van der Waals surface area contributed by atoms with E-state index in [1.807, 2.05) is 47.7 Å². The number of carbonyl (C=O) groups is 2. The Balaban J connectivity index is 1.51. The van der Waals surface area contributed by atoms with Crippen molar-refractivity contribution in [2.75, 3.05) is 30.4 Å². The smallest absolute Gasteiger partial charge is 0.238 e. The van der Waals surface area contributed by atoms with Gasteiger partial charge in [0.15, 0.2) is 0 Å². The van der Waals surface area contributed by atoms with Crippen LogP contribution in [0.3, 0.4) is 0 Å². The number of rotatable bonds is 6. The van der Waals surface area contributed by atoms with Crippen molar-refractivity contribution in [3.05, 3.63) is 46.7 Å². The van der Waals surface area contributed by atoms with Crippen LogP contribution in [0.2, 0.25) is 0 Å². The standard InChI is InChI=1S/C18H21N3O2S/c1-20(12-16-4-3-11-24-16)13-17(22)19-14-6-8-15(9-7-14)21-10-2-5-18(21)23/h3-4,6-9,11H,2,5,10,12-13H2,1H3,(H,19,22). The Hall–Kier alpha value is -2.18. The number of thiophene rings is 1. The lowest BCUT2D eigenvalue weighted by Gasteiger charge is -2.17. The van der Waals surface area contributed by atoms with Crippen molar-refractivity contribution in [1.29, 1.82) is 0 Å². The molecule has 0 spiro atoms. The minimum atomic E-state index is -0.0425.